The molecular weight excluding hydrogens is 472 g/mol. The van der Waals surface area contributed by atoms with Gasteiger partial charge in [-0.1, -0.05) is 13.8 Å². The van der Waals surface area contributed by atoms with E-state index in [2.05, 4.69) is 10.6 Å². The summed E-state index contributed by atoms with van der Waals surface area (Å²) in [4.78, 5) is 81.8. The lowest BCUT2D eigenvalue weighted by atomic mass is 10.0. The molecule has 0 saturated heterocycles. The SMILES string of the molecule is CC(C)CC(N)C(=O)NC(CC(=O)O)C(=O)NC(CCC(=O)O)C(=O)NC(CCC(=O)O)C(=O)O. The zero-order chi connectivity index (χ0) is 27.3. The molecule has 3 amide bonds. The molecular formula is C20H32N4O11. The number of carbonyl (C=O) groups is 7. The Hall–Kier alpha value is -3.75. The molecule has 0 radical (unpaired) electrons. The number of hydrogen-bond acceptors (Lipinski definition) is 8. The highest BCUT2D eigenvalue weighted by atomic mass is 16.4. The van der Waals surface area contributed by atoms with Crippen molar-refractivity contribution in [3.05, 3.63) is 0 Å². The van der Waals surface area contributed by atoms with Crippen LogP contribution in [0.3, 0.4) is 0 Å². The molecule has 0 bridgehead atoms. The average Bonchev–Trinajstić information content (AvgIpc) is 2.71. The summed E-state index contributed by atoms with van der Waals surface area (Å²) in [5, 5.41) is 42.3. The van der Waals surface area contributed by atoms with Crippen molar-refractivity contribution in [2.45, 2.75) is 76.5 Å². The Morgan fingerprint density at radius 3 is 1.51 bits per heavy atom. The van der Waals surface area contributed by atoms with E-state index in [0.29, 0.717) is 0 Å². The summed E-state index contributed by atoms with van der Waals surface area (Å²) in [6.07, 6.45) is -2.84. The van der Waals surface area contributed by atoms with Gasteiger partial charge in [0.05, 0.1) is 12.5 Å². The highest BCUT2D eigenvalue weighted by molar-refractivity contribution is 5.95. The fraction of sp³-hybridized carbons (Fsp3) is 0.650. The summed E-state index contributed by atoms with van der Waals surface area (Å²) < 4.78 is 0. The van der Waals surface area contributed by atoms with Crippen LogP contribution in [0.1, 0.15) is 52.4 Å². The van der Waals surface area contributed by atoms with Crippen molar-refractivity contribution in [2.75, 3.05) is 0 Å². The Labute approximate surface area is 200 Å². The van der Waals surface area contributed by atoms with Gasteiger partial charge in [-0.25, -0.2) is 4.79 Å². The fourth-order valence-electron chi connectivity index (χ4n) is 2.88. The highest BCUT2D eigenvalue weighted by Gasteiger charge is 2.32. The quantitative estimate of drug-likeness (QED) is 0.108. The van der Waals surface area contributed by atoms with Crippen molar-refractivity contribution >= 4 is 41.6 Å². The number of carbonyl (C=O) groups excluding carboxylic acids is 3. The van der Waals surface area contributed by atoms with Crippen LogP contribution in [0.25, 0.3) is 0 Å². The molecule has 0 aromatic carbocycles. The van der Waals surface area contributed by atoms with Crippen molar-refractivity contribution in [1.29, 1.82) is 0 Å². The molecule has 0 rings (SSSR count). The molecule has 0 fully saturated rings. The largest absolute Gasteiger partial charge is 0.481 e. The van der Waals surface area contributed by atoms with Crippen molar-refractivity contribution < 1.29 is 54.0 Å². The molecule has 0 heterocycles. The van der Waals surface area contributed by atoms with E-state index in [1.165, 1.54) is 0 Å². The lowest BCUT2D eigenvalue weighted by Crippen LogP contribution is -2.57. The van der Waals surface area contributed by atoms with Gasteiger partial charge < -0.3 is 42.1 Å². The summed E-state index contributed by atoms with van der Waals surface area (Å²) in [7, 11) is 0. The third-order valence-corrected chi connectivity index (χ3v) is 4.62. The zero-order valence-corrected chi connectivity index (χ0v) is 19.4. The first kappa shape index (κ1) is 31.2. The van der Waals surface area contributed by atoms with Crippen LogP contribution in [-0.4, -0.2) is 86.2 Å². The van der Waals surface area contributed by atoms with Crippen LogP contribution >= 0.6 is 0 Å². The molecule has 0 aliphatic heterocycles. The van der Waals surface area contributed by atoms with Crippen molar-refractivity contribution in [2.24, 2.45) is 11.7 Å². The molecule has 0 aromatic heterocycles. The van der Waals surface area contributed by atoms with Crippen LogP contribution in [0.15, 0.2) is 0 Å². The molecule has 0 spiro atoms. The van der Waals surface area contributed by atoms with Gasteiger partial charge in [-0.15, -0.1) is 0 Å². The van der Waals surface area contributed by atoms with E-state index < -0.39 is 97.9 Å². The van der Waals surface area contributed by atoms with Crippen LogP contribution in [0.5, 0.6) is 0 Å². The van der Waals surface area contributed by atoms with Crippen LogP contribution in [0.2, 0.25) is 0 Å². The van der Waals surface area contributed by atoms with E-state index >= 15 is 0 Å². The Kier molecular flexibility index (Phi) is 13.6. The number of rotatable bonds is 17. The Balaban J connectivity index is 5.60. The number of nitrogens with one attached hydrogen (secondary N) is 3. The van der Waals surface area contributed by atoms with Gasteiger partial charge >= 0.3 is 23.9 Å². The second-order valence-corrected chi connectivity index (χ2v) is 8.22. The zero-order valence-electron chi connectivity index (χ0n) is 19.4. The number of nitrogens with two attached hydrogens (primary N) is 1. The van der Waals surface area contributed by atoms with Crippen LogP contribution in [-0.2, 0) is 33.6 Å². The fourth-order valence-corrected chi connectivity index (χ4v) is 2.88. The van der Waals surface area contributed by atoms with Gasteiger partial charge in [0.25, 0.3) is 0 Å². The van der Waals surface area contributed by atoms with E-state index in [1.807, 2.05) is 5.32 Å². The van der Waals surface area contributed by atoms with Crippen molar-refractivity contribution in [3.63, 3.8) is 0 Å². The molecule has 0 saturated carbocycles. The minimum absolute atomic E-state index is 0.0231. The topological polar surface area (TPSA) is 263 Å². The molecule has 4 atom stereocenters. The second-order valence-electron chi connectivity index (χ2n) is 8.22. The van der Waals surface area contributed by atoms with Crippen LogP contribution < -0.4 is 21.7 Å². The predicted molar refractivity (Wildman–Crippen MR) is 117 cm³/mol. The van der Waals surface area contributed by atoms with Crippen LogP contribution in [0, 0.1) is 5.92 Å². The lowest BCUT2D eigenvalue weighted by molar-refractivity contribution is -0.144. The Morgan fingerprint density at radius 1 is 0.657 bits per heavy atom. The number of carboxylic acid groups (broad SMARTS) is 4. The lowest BCUT2D eigenvalue weighted by Gasteiger charge is -2.24. The van der Waals surface area contributed by atoms with Gasteiger partial charge in [-0.05, 0) is 25.2 Å². The molecule has 4 unspecified atom stereocenters. The van der Waals surface area contributed by atoms with Crippen molar-refractivity contribution in [1.82, 2.24) is 16.0 Å². The van der Waals surface area contributed by atoms with Crippen LogP contribution in [0.4, 0.5) is 0 Å². The van der Waals surface area contributed by atoms with E-state index in [4.69, 9.17) is 21.1 Å². The minimum Gasteiger partial charge on any atom is -0.481 e. The molecule has 35 heavy (non-hydrogen) atoms. The molecule has 15 nitrogen and oxygen atoms in total. The molecule has 198 valence electrons. The Morgan fingerprint density at radius 2 is 1.09 bits per heavy atom. The average molecular weight is 504 g/mol. The van der Waals surface area contributed by atoms with E-state index in [0.717, 1.165) is 0 Å². The smallest absolute Gasteiger partial charge is 0.326 e. The maximum absolute atomic E-state index is 12.7. The second kappa shape index (κ2) is 15.2. The van der Waals surface area contributed by atoms with Gasteiger partial charge in [0.1, 0.15) is 18.1 Å². The normalized spacial score (nSPS) is 14.2. The first-order chi connectivity index (χ1) is 16.1. The summed E-state index contributed by atoms with van der Waals surface area (Å²) in [5.41, 5.74) is 5.74. The first-order valence-electron chi connectivity index (χ1n) is 10.7. The third-order valence-electron chi connectivity index (χ3n) is 4.62. The maximum Gasteiger partial charge on any atom is 0.326 e. The molecule has 0 aliphatic rings. The number of hydrogen-bond donors (Lipinski definition) is 8. The molecule has 15 heteroatoms. The summed E-state index contributed by atoms with van der Waals surface area (Å²) >= 11 is 0. The van der Waals surface area contributed by atoms with Gasteiger partial charge in [0, 0.05) is 12.8 Å². The van der Waals surface area contributed by atoms with Crippen molar-refractivity contribution in [3.8, 4) is 0 Å². The number of amides is 3. The Bertz CT molecular complexity index is 815. The maximum atomic E-state index is 12.7. The van der Waals surface area contributed by atoms with Gasteiger partial charge in [-0.3, -0.25) is 28.8 Å². The van der Waals surface area contributed by atoms with Gasteiger partial charge in [0.2, 0.25) is 17.7 Å². The molecule has 0 aliphatic carbocycles. The first-order valence-corrected chi connectivity index (χ1v) is 10.7. The van der Waals surface area contributed by atoms with Gasteiger partial charge in [-0.2, -0.15) is 0 Å². The summed E-state index contributed by atoms with van der Waals surface area (Å²) in [6, 6.07) is -5.98. The predicted octanol–water partition coefficient (Wildman–Crippen LogP) is -1.90. The van der Waals surface area contributed by atoms with E-state index in [9.17, 15) is 38.7 Å². The van der Waals surface area contributed by atoms with E-state index in [-0.39, 0.29) is 12.3 Å². The highest BCUT2D eigenvalue weighted by Crippen LogP contribution is 2.06. The molecule has 9 N–H and O–H groups in total. The number of carboxylic acids is 4. The van der Waals surface area contributed by atoms with Gasteiger partial charge in [0.15, 0.2) is 0 Å². The monoisotopic (exact) mass is 504 g/mol. The number of aliphatic carboxylic acids is 4. The minimum atomic E-state index is -1.67. The van der Waals surface area contributed by atoms with E-state index in [1.54, 1.807) is 13.8 Å². The standard InChI is InChI=1S/C20H32N4O11/c1-9(2)7-10(21)17(31)24-13(8-16(29)30)19(33)22-11(3-5-14(25)26)18(32)23-12(20(34)35)4-6-15(27)28/h9-13H,3-8,21H2,1-2H3,(H,22,33)(H,23,32)(H,24,31)(H,25,26)(H,27,28)(H,29,30)(H,34,35). The third kappa shape index (κ3) is 13.5. The summed E-state index contributed by atoms with van der Waals surface area (Å²) in [5.74, 6) is -8.74. The summed E-state index contributed by atoms with van der Waals surface area (Å²) in [6.45, 7) is 3.59. The molecule has 0 aromatic rings.